The molecular weight excluding hydrogens is 354 g/mol. The Morgan fingerprint density at radius 1 is 1.21 bits per heavy atom. The molecule has 148 valence electrons. The smallest absolute Gasteiger partial charge is 0.192 e. The fraction of sp³-hybridized carbons (Fsp3) is 0.476. The van der Waals surface area contributed by atoms with Crippen LogP contribution in [0.1, 0.15) is 33.1 Å². The first-order valence-electron chi connectivity index (χ1n) is 9.64. The summed E-state index contributed by atoms with van der Waals surface area (Å²) in [6, 6.07) is 7.73. The molecule has 2 aromatic heterocycles. The Kier molecular flexibility index (Phi) is 4.50. The van der Waals surface area contributed by atoms with Crippen molar-refractivity contribution in [1.82, 2.24) is 20.1 Å². The highest BCUT2D eigenvalue weighted by atomic mass is 16.3. The Hall–Kier alpha value is -2.67. The molecule has 0 bridgehead atoms. The Morgan fingerprint density at radius 2 is 2.00 bits per heavy atom. The Bertz CT molecular complexity index is 990. The van der Waals surface area contributed by atoms with Crippen molar-refractivity contribution in [2.75, 3.05) is 25.0 Å². The van der Waals surface area contributed by atoms with Crippen LogP contribution in [0.5, 0.6) is 5.75 Å². The lowest BCUT2D eigenvalue weighted by Gasteiger charge is -2.36. The monoisotopic (exact) mass is 381 g/mol. The zero-order valence-electron chi connectivity index (χ0n) is 17.1. The summed E-state index contributed by atoms with van der Waals surface area (Å²) in [4.78, 5) is 8.94. The maximum absolute atomic E-state index is 10.4. The van der Waals surface area contributed by atoms with Gasteiger partial charge in [0.25, 0.3) is 0 Å². The molecule has 7 nitrogen and oxygen atoms in total. The number of hydrogen-bond acceptors (Lipinski definition) is 7. The number of aryl methyl sites for hydroxylation is 1. The number of fused-ring (bicyclic) bond motifs is 1. The minimum atomic E-state index is 0.121. The van der Waals surface area contributed by atoms with Crippen LogP contribution in [0.2, 0.25) is 0 Å². The summed E-state index contributed by atoms with van der Waals surface area (Å²) < 4.78 is 5.57. The van der Waals surface area contributed by atoms with Crippen molar-refractivity contribution in [2.45, 2.75) is 45.7 Å². The zero-order valence-corrected chi connectivity index (χ0v) is 17.1. The number of anilines is 1. The number of hydrogen-bond donors (Lipinski definition) is 1. The number of oxazole rings is 1. The summed E-state index contributed by atoms with van der Waals surface area (Å²) in [5, 5.41) is 19.1. The van der Waals surface area contributed by atoms with Crippen molar-refractivity contribution < 1.29 is 9.52 Å². The fourth-order valence-corrected chi connectivity index (χ4v) is 3.73. The van der Waals surface area contributed by atoms with Gasteiger partial charge in [-0.3, -0.25) is 4.90 Å². The molecule has 1 saturated heterocycles. The molecule has 3 aromatic rings. The summed E-state index contributed by atoms with van der Waals surface area (Å²) in [5.41, 5.74) is 2.61. The van der Waals surface area contributed by atoms with E-state index in [1.54, 1.807) is 19.1 Å². The number of phenolic OH excluding ortho intramolecular Hbond substituents is 1. The molecule has 0 amide bonds. The van der Waals surface area contributed by atoms with Crippen LogP contribution in [0.15, 0.2) is 28.7 Å². The molecule has 28 heavy (non-hydrogen) atoms. The van der Waals surface area contributed by atoms with Crippen LogP contribution in [0.4, 0.5) is 5.82 Å². The van der Waals surface area contributed by atoms with Gasteiger partial charge in [-0.2, -0.15) is 0 Å². The predicted octanol–water partition coefficient (Wildman–Crippen LogP) is 3.61. The molecule has 1 atom stereocenters. The van der Waals surface area contributed by atoms with Crippen molar-refractivity contribution in [3.05, 3.63) is 30.2 Å². The van der Waals surface area contributed by atoms with Gasteiger partial charge >= 0.3 is 0 Å². The minimum absolute atomic E-state index is 0.121. The summed E-state index contributed by atoms with van der Waals surface area (Å²) in [6.07, 6.45) is 1.11. The summed E-state index contributed by atoms with van der Waals surface area (Å²) in [5.74, 6) is 1.55. The van der Waals surface area contributed by atoms with Gasteiger partial charge < -0.3 is 14.4 Å². The van der Waals surface area contributed by atoms with Crippen molar-refractivity contribution in [3.63, 3.8) is 0 Å². The molecule has 1 aliphatic rings. The SMILES string of the molecule is Cc1nc2cc(O)c(-c3ccc(N4CC[C@H](N(C)C(C)(C)C)C4)nn3)cc2o1. The number of aromatic hydroxyl groups is 1. The van der Waals surface area contributed by atoms with E-state index in [2.05, 4.69) is 52.8 Å². The number of rotatable bonds is 3. The van der Waals surface area contributed by atoms with E-state index in [-0.39, 0.29) is 11.3 Å². The molecule has 1 fully saturated rings. The molecule has 3 heterocycles. The Morgan fingerprint density at radius 3 is 2.68 bits per heavy atom. The van der Waals surface area contributed by atoms with E-state index in [9.17, 15) is 5.11 Å². The third kappa shape index (κ3) is 3.42. The Balaban J connectivity index is 1.54. The maximum atomic E-state index is 10.4. The van der Waals surface area contributed by atoms with Crippen LogP contribution in [0.25, 0.3) is 22.4 Å². The first-order valence-corrected chi connectivity index (χ1v) is 9.64. The molecule has 1 aliphatic heterocycles. The molecule has 0 radical (unpaired) electrons. The van der Waals surface area contributed by atoms with E-state index in [0.29, 0.717) is 34.3 Å². The number of benzene rings is 1. The average Bonchev–Trinajstić information content (AvgIpc) is 3.25. The highest BCUT2D eigenvalue weighted by Gasteiger charge is 2.31. The van der Waals surface area contributed by atoms with E-state index in [1.165, 1.54) is 0 Å². The molecule has 0 aliphatic carbocycles. The highest BCUT2D eigenvalue weighted by Crippen LogP contribution is 2.33. The van der Waals surface area contributed by atoms with Gasteiger partial charge in [-0.25, -0.2) is 4.98 Å². The first kappa shape index (κ1) is 18.7. The summed E-state index contributed by atoms with van der Waals surface area (Å²) >= 11 is 0. The average molecular weight is 381 g/mol. The lowest BCUT2D eigenvalue weighted by atomic mass is 10.0. The van der Waals surface area contributed by atoms with E-state index in [4.69, 9.17) is 4.42 Å². The zero-order chi connectivity index (χ0) is 20.1. The first-order chi connectivity index (χ1) is 13.2. The van der Waals surface area contributed by atoms with Gasteiger partial charge in [0.1, 0.15) is 11.3 Å². The molecular formula is C21H27N5O2. The highest BCUT2D eigenvalue weighted by molar-refractivity contribution is 5.83. The number of likely N-dealkylation sites (N-methyl/N-ethyl adjacent to an activating group) is 1. The second-order valence-corrected chi connectivity index (χ2v) is 8.52. The maximum Gasteiger partial charge on any atom is 0.192 e. The lowest BCUT2D eigenvalue weighted by Crippen LogP contribution is -2.46. The van der Waals surface area contributed by atoms with Gasteiger partial charge in [0.2, 0.25) is 0 Å². The fourth-order valence-electron chi connectivity index (χ4n) is 3.73. The molecule has 0 unspecified atom stereocenters. The van der Waals surface area contributed by atoms with E-state index >= 15 is 0 Å². The van der Waals surface area contributed by atoms with Crippen molar-refractivity contribution in [3.8, 4) is 17.0 Å². The van der Waals surface area contributed by atoms with Crippen LogP contribution in [0.3, 0.4) is 0 Å². The third-order valence-corrected chi connectivity index (χ3v) is 5.63. The molecule has 1 aromatic carbocycles. The third-order valence-electron chi connectivity index (χ3n) is 5.63. The molecule has 0 spiro atoms. The van der Waals surface area contributed by atoms with Gasteiger partial charge in [0, 0.05) is 43.2 Å². The molecule has 1 N–H and O–H groups in total. The minimum Gasteiger partial charge on any atom is -0.507 e. The quantitative estimate of drug-likeness (QED) is 0.742. The van der Waals surface area contributed by atoms with Crippen molar-refractivity contribution in [2.24, 2.45) is 0 Å². The molecule has 7 heteroatoms. The van der Waals surface area contributed by atoms with E-state index in [1.807, 2.05) is 12.1 Å². The van der Waals surface area contributed by atoms with Gasteiger partial charge in [-0.1, -0.05) is 0 Å². The summed E-state index contributed by atoms with van der Waals surface area (Å²) in [6.45, 7) is 10.4. The van der Waals surface area contributed by atoms with Gasteiger partial charge in [-0.05, 0) is 52.4 Å². The standard InChI is InChI=1S/C21H27N5O2/c1-13-22-17-11-18(27)15(10-19(17)28-13)16-6-7-20(24-23-16)26-9-8-14(12-26)25(5)21(2,3)4/h6-7,10-11,14,27H,8-9,12H2,1-5H3/t14-/m0/s1. The van der Waals surface area contributed by atoms with Gasteiger partial charge in [0.05, 0.1) is 5.69 Å². The van der Waals surface area contributed by atoms with Gasteiger partial charge in [-0.15, -0.1) is 10.2 Å². The number of nitrogens with zero attached hydrogens (tertiary/aromatic N) is 5. The number of aromatic nitrogens is 3. The Labute approximate surface area is 165 Å². The molecule has 4 rings (SSSR count). The molecule has 0 saturated carbocycles. The topological polar surface area (TPSA) is 78.5 Å². The second kappa shape index (κ2) is 6.74. The van der Waals surface area contributed by atoms with Crippen LogP contribution >= 0.6 is 0 Å². The normalized spacial score (nSPS) is 17.8. The van der Waals surface area contributed by atoms with Gasteiger partial charge in [0.15, 0.2) is 17.3 Å². The van der Waals surface area contributed by atoms with Crippen LogP contribution in [0, 0.1) is 6.92 Å². The predicted molar refractivity (Wildman–Crippen MR) is 110 cm³/mol. The van der Waals surface area contributed by atoms with E-state index in [0.717, 1.165) is 25.3 Å². The largest absolute Gasteiger partial charge is 0.507 e. The van der Waals surface area contributed by atoms with Crippen molar-refractivity contribution in [1.29, 1.82) is 0 Å². The van der Waals surface area contributed by atoms with E-state index < -0.39 is 0 Å². The van der Waals surface area contributed by atoms with Crippen LogP contribution in [-0.4, -0.2) is 56.9 Å². The second-order valence-electron chi connectivity index (χ2n) is 8.52. The number of phenols is 1. The van der Waals surface area contributed by atoms with Crippen molar-refractivity contribution >= 4 is 16.9 Å². The summed E-state index contributed by atoms with van der Waals surface area (Å²) in [7, 11) is 2.19. The van der Waals surface area contributed by atoms with Crippen LogP contribution < -0.4 is 4.90 Å². The lowest BCUT2D eigenvalue weighted by molar-refractivity contribution is 0.127. The van der Waals surface area contributed by atoms with Crippen LogP contribution in [-0.2, 0) is 0 Å².